The van der Waals surface area contributed by atoms with E-state index in [1.54, 1.807) is 4.68 Å². The lowest BCUT2D eigenvalue weighted by Crippen LogP contribution is -2.09. The summed E-state index contributed by atoms with van der Waals surface area (Å²) in [6, 6.07) is 7.54. The molecule has 0 amide bonds. The number of benzene rings is 1. The van der Waals surface area contributed by atoms with Crippen molar-refractivity contribution in [3.05, 3.63) is 40.7 Å². The summed E-state index contributed by atoms with van der Waals surface area (Å²) in [5, 5.41) is 20.8. The molecule has 0 aliphatic heterocycles. The van der Waals surface area contributed by atoms with Crippen LogP contribution >= 0.6 is 11.6 Å². The van der Waals surface area contributed by atoms with Gasteiger partial charge in [-0.3, -0.25) is 0 Å². The second-order valence-corrected chi connectivity index (χ2v) is 3.78. The van der Waals surface area contributed by atoms with Gasteiger partial charge in [0.05, 0.1) is 13.2 Å². The van der Waals surface area contributed by atoms with E-state index < -0.39 is 0 Å². The molecule has 16 heavy (non-hydrogen) atoms. The SMILES string of the molecule is OCCn1nnnc1Cc1cccc(Cl)c1. The van der Waals surface area contributed by atoms with Crippen molar-refractivity contribution >= 4 is 11.6 Å². The molecule has 84 valence electrons. The van der Waals surface area contributed by atoms with Crippen LogP contribution in [0.3, 0.4) is 0 Å². The van der Waals surface area contributed by atoms with Crippen LogP contribution in [0.2, 0.25) is 5.02 Å². The number of hydrogen-bond donors (Lipinski definition) is 1. The summed E-state index contributed by atoms with van der Waals surface area (Å²) in [4.78, 5) is 0. The maximum absolute atomic E-state index is 8.84. The zero-order valence-electron chi connectivity index (χ0n) is 8.54. The summed E-state index contributed by atoms with van der Waals surface area (Å²) in [7, 11) is 0. The molecule has 0 spiro atoms. The van der Waals surface area contributed by atoms with E-state index in [0.717, 1.165) is 11.4 Å². The summed E-state index contributed by atoms with van der Waals surface area (Å²) in [5.41, 5.74) is 1.04. The second kappa shape index (κ2) is 5.05. The van der Waals surface area contributed by atoms with Crippen molar-refractivity contribution in [3.63, 3.8) is 0 Å². The summed E-state index contributed by atoms with van der Waals surface area (Å²) >= 11 is 5.89. The van der Waals surface area contributed by atoms with Gasteiger partial charge in [0.25, 0.3) is 0 Å². The van der Waals surface area contributed by atoms with Gasteiger partial charge in [-0.05, 0) is 28.1 Å². The molecule has 0 saturated carbocycles. The van der Waals surface area contributed by atoms with Gasteiger partial charge in [0, 0.05) is 11.4 Å². The van der Waals surface area contributed by atoms with Gasteiger partial charge >= 0.3 is 0 Å². The molecule has 1 aromatic carbocycles. The van der Waals surface area contributed by atoms with Crippen molar-refractivity contribution in [2.24, 2.45) is 0 Å². The van der Waals surface area contributed by atoms with Crippen LogP contribution in [0.4, 0.5) is 0 Å². The number of tetrazole rings is 1. The van der Waals surface area contributed by atoms with Crippen LogP contribution < -0.4 is 0 Å². The average Bonchev–Trinajstić information content (AvgIpc) is 2.66. The number of aromatic nitrogens is 4. The zero-order chi connectivity index (χ0) is 11.4. The molecule has 0 radical (unpaired) electrons. The van der Waals surface area contributed by atoms with Crippen molar-refractivity contribution in [2.45, 2.75) is 13.0 Å². The number of aliphatic hydroxyl groups is 1. The van der Waals surface area contributed by atoms with Gasteiger partial charge in [-0.1, -0.05) is 23.7 Å². The van der Waals surface area contributed by atoms with E-state index in [9.17, 15) is 0 Å². The van der Waals surface area contributed by atoms with Gasteiger partial charge in [0.15, 0.2) is 5.82 Å². The van der Waals surface area contributed by atoms with Crippen molar-refractivity contribution in [1.29, 1.82) is 0 Å². The minimum Gasteiger partial charge on any atom is -0.394 e. The highest BCUT2D eigenvalue weighted by atomic mass is 35.5. The first-order valence-electron chi connectivity index (χ1n) is 4.90. The maximum atomic E-state index is 8.84. The lowest BCUT2D eigenvalue weighted by atomic mass is 10.1. The topological polar surface area (TPSA) is 63.8 Å². The molecular weight excluding hydrogens is 228 g/mol. The predicted octanol–water partition coefficient (Wildman–Crippen LogP) is 0.910. The highest BCUT2D eigenvalue weighted by molar-refractivity contribution is 6.30. The fourth-order valence-corrected chi connectivity index (χ4v) is 1.66. The van der Waals surface area contributed by atoms with Gasteiger partial charge < -0.3 is 5.11 Å². The molecule has 0 aliphatic rings. The van der Waals surface area contributed by atoms with E-state index in [2.05, 4.69) is 15.5 Å². The smallest absolute Gasteiger partial charge is 0.155 e. The fourth-order valence-electron chi connectivity index (χ4n) is 1.45. The van der Waals surface area contributed by atoms with Crippen LogP contribution in [-0.4, -0.2) is 31.9 Å². The van der Waals surface area contributed by atoms with Crippen molar-refractivity contribution < 1.29 is 5.11 Å². The Hall–Kier alpha value is -1.46. The van der Waals surface area contributed by atoms with Crippen molar-refractivity contribution in [2.75, 3.05) is 6.61 Å². The van der Waals surface area contributed by atoms with Gasteiger partial charge in [-0.2, -0.15) is 0 Å². The zero-order valence-corrected chi connectivity index (χ0v) is 9.30. The highest BCUT2D eigenvalue weighted by Gasteiger charge is 2.06. The van der Waals surface area contributed by atoms with E-state index >= 15 is 0 Å². The number of halogens is 1. The van der Waals surface area contributed by atoms with E-state index in [-0.39, 0.29) is 6.61 Å². The van der Waals surface area contributed by atoms with Crippen LogP contribution in [0.25, 0.3) is 0 Å². The van der Waals surface area contributed by atoms with Gasteiger partial charge in [-0.15, -0.1) is 5.10 Å². The van der Waals surface area contributed by atoms with Gasteiger partial charge in [0.2, 0.25) is 0 Å². The molecule has 0 bridgehead atoms. The first-order chi connectivity index (χ1) is 7.79. The Morgan fingerprint density at radius 1 is 1.38 bits per heavy atom. The Morgan fingerprint density at radius 3 is 3.00 bits per heavy atom. The Morgan fingerprint density at radius 2 is 2.25 bits per heavy atom. The summed E-state index contributed by atoms with van der Waals surface area (Å²) in [6.45, 7) is 0.427. The Balaban J connectivity index is 2.17. The van der Waals surface area contributed by atoms with E-state index in [1.807, 2.05) is 24.3 Å². The van der Waals surface area contributed by atoms with Crippen LogP contribution in [0, 0.1) is 0 Å². The fraction of sp³-hybridized carbons (Fsp3) is 0.300. The van der Waals surface area contributed by atoms with E-state index in [0.29, 0.717) is 18.0 Å². The van der Waals surface area contributed by atoms with E-state index in [4.69, 9.17) is 16.7 Å². The standard InChI is InChI=1S/C10H11ClN4O/c11-9-3-1-2-8(6-9)7-10-12-13-14-15(10)4-5-16/h1-3,6,16H,4-5,7H2. The molecule has 2 aromatic rings. The number of aliphatic hydroxyl groups excluding tert-OH is 1. The average molecular weight is 239 g/mol. The third kappa shape index (κ3) is 2.56. The quantitative estimate of drug-likeness (QED) is 0.860. The Labute approximate surface area is 97.7 Å². The second-order valence-electron chi connectivity index (χ2n) is 3.35. The molecule has 6 heteroatoms. The minimum absolute atomic E-state index is 0.0214. The Bertz CT molecular complexity index is 471. The Kier molecular flexibility index (Phi) is 3.48. The number of rotatable bonds is 4. The van der Waals surface area contributed by atoms with Crippen molar-refractivity contribution in [3.8, 4) is 0 Å². The monoisotopic (exact) mass is 238 g/mol. The van der Waals surface area contributed by atoms with Gasteiger partial charge in [-0.25, -0.2) is 4.68 Å². The molecule has 1 heterocycles. The van der Waals surface area contributed by atoms with Gasteiger partial charge in [0.1, 0.15) is 0 Å². The first-order valence-corrected chi connectivity index (χ1v) is 5.28. The molecule has 0 saturated heterocycles. The summed E-state index contributed by atoms with van der Waals surface area (Å²) in [6.07, 6.45) is 0.605. The summed E-state index contributed by atoms with van der Waals surface area (Å²) in [5.74, 6) is 0.719. The molecule has 1 aromatic heterocycles. The molecule has 2 rings (SSSR count). The molecule has 0 fully saturated rings. The first kappa shape index (κ1) is 11.0. The normalized spacial score (nSPS) is 10.6. The third-order valence-corrected chi connectivity index (χ3v) is 2.40. The highest BCUT2D eigenvalue weighted by Crippen LogP contribution is 2.13. The van der Waals surface area contributed by atoms with Crippen molar-refractivity contribution in [1.82, 2.24) is 20.2 Å². The largest absolute Gasteiger partial charge is 0.394 e. The number of hydrogen-bond acceptors (Lipinski definition) is 4. The van der Waals surface area contributed by atoms with Crippen LogP contribution in [-0.2, 0) is 13.0 Å². The van der Waals surface area contributed by atoms with Crippen LogP contribution in [0.5, 0.6) is 0 Å². The predicted molar refractivity (Wildman–Crippen MR) is 59.2 cm³/mol. The van der Waals surface area contributed by atoms with Crippen LogP contribution in [0.15, 0.2) is 24.3 Å². The summed E-state index contributed by atoms with van der Waals surface area (Å²) < 4.78 is 1.58. The van der Waals surface area contributed by atoms with Crippen LogP contribution in [0.1, 0.15) is 11.4 Å². The molecule has 1 N–H and O–H groups in total. The molecule has 0 atom stereocenters. The lowest BCUT2D eigenvalue weighted by Gasteiger charge is -2.02. The molecule has 5 nitrogen and oxygen atoms in total. The molecule has 0 aliphatic carbocycles. The van der Waals surface area contributed by atoms with E-state index in [1.165, 1.54) is 0 Å². The third-order valence-electron chi connectivity index (χ3n) is 2.17. The number of nitrogens with zero attached hydrogens (tertiary/aromatic N) is 4. The molecular formula is C10H11ClN4O. The maximum Gasteiger partial charge on any atom is 0.155 e. The lowest BCUT2D eigenvalue weighted by molar-refractivity contribution is 0.266. The minimum atomic E-state index is 0.0214. The molecule has 0 unspecified atom stereocenters.